The maximum absolute atomic E-state index is 10.0. The van der Waals surface area contributed by atoms with E-state index in [4.69, 9.17) is 11.6 Å². The molecule has 1 heterocycles. The molecule has 0 radical (unpaired) electrons. The lowest BCUT2D eigenvalue weighted by Gasteiger charge is -1.94. The Balaban J connectivity index is 3.08. The highest BCUT2D eigenvalue weighted by atomic mass is 35.5. The monoisotopic (exact) mass is 145 g/mol. The van der Waals surface area contributed by atoms with E-state index in [1.165, 1.54) is 6.20 Å². The van der Waals surface area contributed by atoms with Gasteiger partial charge in [0, 0.05) is 0 Å². The van der Waals surface area contributed by atoms with Gasteiger partial charge >= 0.3 is 0 Å². The highest BCUT2D eigenvalue weighted by molar-refractivity contribution is 6.33. The fourth-order valence-corrected chi connectivity index (χ4v) is 0.583. The van der Waals surface area contributed by atoms with Crippen molar-refractivity contribution in [1.29, 1.82) is 0 Å². The van der Waals surface area contributed by atoms with Gasteiger partial charge < -0.3 is 9.90 Å². The van der Waals surface area contributed by atoms with E-state index in [0.29, 0.717) is 0 Å². The SMILES string of the molecule is O=C([O-])c1[nH]ncc1Cl. The number of aromatic carboxylic acids is 1. The van der Waals surface area contributed by atoms with Crippen LogP contribution in [0, 0.1) is 0 Å². The normalized spacial score (nSPS) is 9.44. The average molecular weight is 146 g/mol. The van der Waals surface area contributed by atoms with Crippen molar-refractivity contribution in [3.8, 4) is 0 Å². The van der Waals surface area contributed by atoms with Crippen LogP contribution in [0.1, 0.15) is 10.5 Å². The molecule has 0 atom stereocenters. The predicted molar refractivity (Wildman–Crippen MR) is 27.9 cm³/mol. The number of carboxylic acids is 1. The van der Waals surface area contributed by atoms with Crippen molar-refractivity contribution in [2.75, 3.05) is 0 Å². The van der Waals surface area contributed by atoms with Crippen LogP contribution in [0.15, 0.2) is 6.20 Å². The van der Waals surface area contributed by atoms with E-state index in [1.807, 2.05) is 0 Å². The summed E-state index contributed by atoms with van der Waals surface area (Å²) in [6.45, 7) is 0. The maximum Gasteiger partial charge on any atom is 0.0991 e. The highest BCUT2D eigenvalue weighted by Gasteiger charge is 2.00. The average Bonchev–Trinajstić information content (AvgIpc) is 2.13. The minimum absolute atomic E-state index is 0.0648. The van der Waals surface area contributed by atoms with E-state index in [2.05, 4.69) is 10.2 Å². The fraction of sp³-hybridized carbons (Fsp3) is 0. The minimum Gasteiger partial charge on any atom is -0.543 e. The quantitative estimate of drug-likeness (QED) is 0.575. The largest absolute Gasteiger partial charge is 0.543 e. The van der Waals surface area contributed by atoms with Crippen LogP contribution in [-0.4, -0.2) is 16.2 Å². The number of rotatable bonds is 1. The van der Waals surface area contributed by atoms with Crippen molar-refractivity contribution in [3.63, 3.8) is 0 Å². The smallest absolute Gasteiger partial charge is 0.0991 e. The Kier molecular flexibility index (Phi) is 1.40. The summed E-state index contributed by atoms with van der Waals surface area (Å²) in [5, 5.41) is 15.6. The van der Waals surface area contributed by atoms with E-state index in [-0.39, 0.29) is 10.7 Å². The van der Waals surface area contributed by atoms with Crippen molar-refractivity contribution >= 4 is 17.6 Å². The molecule has 9 heavy (non-hydrogen) atoms. The van der Waals surface area contributed by atoms with Crippen molar-refractivity contribution in [2.45, 2.75) is 0 Å². The van der Waals surface area contributed by atoms with Gasteiger partial charge in [0.25, 0.3) is 0 Å². The zero-order valence-corrected chi connectivity index (χ0v) is 4.97. The van der Waals surface area contributed by atoms with Crippen LogP contribution in [0.25, 0.3) is 0 Å². The second-order valence-electron chi connectivity index (χ2n) is 1.38. The van der Waals surface area contributed by atoms with Crippen molar-refractivity contribution in [2.24, 2.45) is 0 Å². The van der Waals surface area contributed by atoms with Gasteiger partial charge in [0.05, 0.1) is 22.9 Å². The van der Waals surface area contributed by atoms with E-state index in [0.717, 1.165) is 0 Å². The minimum atomic E-state index is -1.35. The van der Waals surface area contributed by atoms with Gasteiger partial charge in [-0.1, -0.05) is 11.6 Å². The van der Waals surface area contributed by atoms with E-state index < -0.39 is 5.97 Å². The zero-order valence-electron chi connectivity index (χ0n) is 4.22. The summed E-state index contributed by atoms with van der Waals surface area (Å²) in [5.74, 6) is -1.35. The van der Waals surface area contributed by atoms with Crippen LogP contribution in [0.2, 0.25) is 5.02 Å². The van der Waals surface area contributed by atoms with Crippen LogP contribution in [0.3, 0.4) is 0 Å². The topological polar surface area (TPSA) is 68.8 Å². The van der Waals surface area contributed by atoms with Gasteiger partial charge in [0.15, 0.2) is 0 Å². The Morgan fingerprint density at radius 2 is 2.56 bits per heavy atom. The molecule has 0 unspecified atom stereocenters. The number of hydrogen-bond acceptors (Lipinski definition) is 3. The summed E-state index contributed by atoms with van der Waals surface area (Å²) in [6.07, 6.45) is 1.20. The van der Waals surface area contributed by atoms with Crippen molar-refractivity contribution in [1.82, 2.24) is 10.2 Å². The van der Waals surface area contributed by atoms with Gasteiger partial charge in [-0.05, 0) is 0 Å². The molecule has 0 aromatic carbocycles. The fourth-order valence-electron chi connectivity index (χ4n) is 0.415. The Hall–Kier alpha value is -1.03. The second kappa shape index (κ2) is 2.06. The lowest BCUT2D eigenvalue weighted by molar-refractivity contribution is -0.255. The summed E-state index contributed by atoms with van der Waals surface area (Å²) < 4.78 is 0. The molecule has 4 nitrogen and oxygen atoms in total. The third kappa shape index (κ3) is 1.02. The second-order valence-corrected chi connectivity index (χ2v) is 1.79. The lowest BCUT2D eigenvalue weighted by atomic mass is 10.4. The molecule has 0 aliphatic heterocycles. The third-order valence-corrected chi connectivity index (χ3v) is 1.08. The third-order valence-electron chi connectivity index (χ3n) is 0.797. The standard InChI is InChI=1S/C4H3ClN2O2/c5-2-1-6-7-3(2)4(8)9/h1H,(H,6,7)(H,8,9)/p-1. The van der Waals surface area contributed by atoms with Gasteiger partial charge in [-0.25, -0.2) is 0 Å². The molecule has 1 aromatic rings. The Morgan fingerprint density at radius 1 is 1.89 bits per heavy atom. The first-order valence-electron chi connectivity index (χ1n) is 2.12. The Bertz CT molecular complexity index is 232. The molecular weight excluding hydrogens is 144 g/mol. The molecule has 0 fully saturated rings. The number of hydrogen-bond donors (Lipinski definition) is 1. The molecule has 1 rings (SSSR count). The zero-order chi connectivity index (χ0) is 6.85. The molecule has 0 saturated carbocycles. The molecule has 0 bridgehead atoms. The molecule has 0 amide bonds. The summed E-state index contributed by atoms with van der Waals surface area (Å²) in [5.41, 5.74) is -0.184. The van der Waals surface area contributed by atoms with Crippen LogP contribution >= 0.6 is 11.6 Å². The predicted octanol–water partition coefficient (Wildman–Crippen LogP) is -0.573. The lowest BCUT2D eigenvalue weighted by Crippen LogP contribution is -2.22. The molecule has 0 aliphatic rings. The molecule has 0 spiro atoms. The number of nitrogens with one attached hydrogen (secondary N) is 1. The number of halogens is 1. The van der Waals surface area contributed by atoms with Gasteiger partial charge in [0.2, 0.25) is 0 Å². The Labute approximate surface area is 55.5 Å². The highest BCUT2D eigenvalue weighted by Crippen LogP contribution is 2.09. The molecule has 0 saturated heterocycles. The van der Waals surface area contributed by atoms with Gasteiger partial charge in [-0.3, -0.25) is 5.10 Å². The molecule has 1 aromatic heterocycles. The van der Waals surface area contributed by atoms with E-state index in [9.17, 15) is 9.90 Å². The number of carbonyl (C=O) groups is 1. The van der Waals surface area contributed by atoms with Crippen molar-refractivity contribution in [3.05, 3.63) is 16.9 Å². The number of aromatic nitrogens is 2. The molecular formula is C4H2ClN2O2-. The summed E-state index contributed by atoms with van der Waals surface area (Å²) >= 11 is 5.32. The van der Waals surface area contributed by atoms with E-state index >= 15 is 0 Å². The van der Waals surface area contributed by atoms with Crippen LogP contribution in [0.4, 0.5) is 0 Å². The maximum atomic E-state index is 10.0. The van der Waals surface area contributed by atoms with Crippen LogP contribution < -0.4 is 5.11 Å². The first kappa shape index (κ1) is 6.10. The summed E-state index contributed by atoms with van der Waals surface area (Å²) in [4.78, 5) is 10.0. The van der Waals surface area contributed by atoms with Gasteiger partial charge in [-0.2, -0.15) is 5.10 Å². The molecule has 48 valence electrons. The Morgan fingerprint density at radius 3 is 2.78 bits per heavy atom. The number of carboxylic acid groups (broad SMARTS) is 1. The van der Waals surface area contributed by atoms with E-state index in [1.54, 1.807) is 0 Å². The summed E-state index contributed by atoms with van der Waals surface area (Å²) in [7, 11) is 0. The first-order valence-corrected chi connectivity index (χ1v) is 2.50. The molecule has 0 aliphatic carbocycles. The van der Waals surface area contributed by atoms with Crippen molar-refractivity contribution < 1.29 is 9.90 Å². The number of H-pyrrole nitrogens is 1. The van der Waals surface area contributed by atoms with Crippen LogP contribution in [0.5, 0.6) is 0 Å². The molecule has 1 N–H and O–H groups in total. The van der Waals surface area contributed by atoms with Crippen LogP contribution in [-0.2, 0) is 0 Å². The summed E-state index contributed by atoms with van der Waals surface area (Å²) in [6, 6.07) is 0. The van der Waals surface area contributed by atoms with Gasteiger partial charge in [0.1, 0.15) is 0 Å². The molecule has 5 heteroatoms. The number of nitrogens with zero attached hydrogens (tertiary/aromatic N) is 1. The first-order chi connectivity index (χ1) is 4.22. The number of carbonyl (C=O) groups excluding carboxylic acids is 1. The van der Waals surface area contributed by atoms with Gasteiger partial charge in [-0.15, -0.1) is 0 Å². The number of aromatic amines is 1.